The molecule has 0 aliphatic carbocycles. The zero-order chi connectivity index (χ0) is 25.7. The standard InChI is InChI=1S/C24H19BrN6O5/c1-36-24-19(7-4-12-26-24)29-21-13-20(22(30(32)33)14-23(21)31(34)35)28-18-6-3-2-5-17(18)27-16-10-8-15(25)9-11-16/h2-14,27-29H,1H3. The van der Waals surface area contributed by atoms with Gasteiger partial charge in [0.15, 0.2) is 0 Å². The fraction of sp³-hybridized carbons (Fsp3) is 0.0417. The second-order valence-corrected chi connectivity index (χ2v) is 8.30. The third-order valence-corrected chi connectivity index (χ3v) is 5.59. The molecular weight excluding hydrogens is 532 g/mol. The Kier molecular flexibility index (Phi) is 7.25. The maximum Gasteiger partial charge on any atom is 0.299 e. The minimum atomic E-state index is -0.689. The molecule has 0 spiro atoms. The Hall–Kier alpha value is -4.71. The number of nitro benzene ring substituents is 2. The highest BCUT2D eigenvalue weighted by Crippen LogP contribution is 2.41. The van der Waals surface area contributed by atoms with Crippen molar-refractivity contribution in [2.24, 2.45) is 0 Å². The minimum Gasteiger partial charge on any atom is -0.480 e. The van der Waals surface area contributed by atoms with Gasteiger partial charge in [-0.3, -0.25) is 20.2 Å². The fourth-order valence-electron chi connectivity index (χ4n) is 3.41. The second-order valence-electron chi connectivity index (χ2n) is 7.39. The monoisotopic (exact) mass is 550 g/mol. The van der Waals surface area contributed by atoms with Crippen molar-refractivity contribution in [3.05, 3.63) is 104 Å². The number of aromatic nitrogens is 1. The number of nitrogens with zero attached hydrogens (tertiary/aromatic N) is 3. The summed E-state index contributed by atoms with van der Waals surface area (Å²) in [5.74, 6) is 0.212. The van der Waals surface area contributed by atoms with Gasteiger partial charge in [-0.15, -0.1) is 0 Å². The topological polar surface area (TPSA) is 144 Å². The van der Waals surface area contributed by atoms with Crippen LogP contribution in [0.1, 0.15) is 0 Å². The first kappa shape index (κ1) is 24.4. The van der Waals surface area contributed by atoms with Gasteiger partial charge in [-0.05, 0) is 54.6 Å². The smallest absolute Gasteiger partial charge is 0.299 e. The average molecular weight is 551 g/mol. The average Bonchev–Trinajstić information content (AvgIpc) is 2.86. The summed E-state index contributed by atoms with van der Waals surface area (Å²) in [5.41, 5.74) is 1.50. The van der Waals surface area contributed by atoms with Crippen molar-refractivity contribution in [1.82, 2.24) is 4.98 Å². The quantitative estimate of drug-likeness (QED) is 0.149. The third-order valence-electron chi connectivity index (χ3n) is 5.06. The minimum absolute atomic E-state index is 0.0257. The Morgan fingerprint density at radius 1 is 0.750 bits per heavy atom. The van der Waals surface area contributed by atoms with E-state index < -0.39 is 21.2 Å². The second kappa shape index (κ2) is 10.7. The first-order valence-electron chi connectivity index (χ1n) is 10.5. The van der Waals surface area contributed by atoms with Crippen LogP contribution in [0.15, 0.2) is 83.5 Å². The summed E-state index contributed by atoms with van der Waals surface area (Å²) in [6, 6.07) is 20.1. The molecule has 3 N–H and O–H groups in total. The predicted octanol–water partition coefficient (Wildman–Crippen LogP) is 6.90. The van der Waals surface area contributed by atoms with Gasteiger partial charge in [0.25, 0.3) is 11.4 Å². The lowest BCUT2D eigenvalue weighted by atomic mass is 10.1. The van der Waals surface area contributed by atoms with Crippen molar-refractivity contribution >= 4 is 61.4 Å². The van der Waals surface area contributed by atoms with Crippen molar-refractivity contribution in [2.45, 2.75) is 0 Å². The Morgan fingerprint density at radius 3 is 1.89 bits per heavy atom. The van der Waals surface area contributed by atoms with Gasteiger partial charge in [0.05, 0.1) is 34.4 Å². The van der Waals surface area contributed by atoms with Crippen LogP contribution in [0.2, 0.25) is 0 Å². The zero-order valence-corrected chi connectivity index (χ0v) is 20.4. The summed E-state index contributed by atoms with van der Waals surface area (Å²) in [6.45, 7) is 0. The van der Waals surface area contributed by atoms with Gasteiger partial charge in [0.1, 0.15) is 17.1 Å². The molecule has 0 amide bonds. The van der Waals surface area contributed by atoms with Crippen molar-refractivity contribution < 1.29 is 14.6 Å². The van der Waals surface area contributed by atoms with Crippen LogP contribution in [0.5, 0.6) is 5.88 Å². The number of hydrogen-bond acceptors (Lipinski definition) is 9. The summed E-state index contributed by atoms with van der Waals surface area (Å²) in [5, 5.41) is 32.8. The lowest BCUT2D eigenvalue weighted by Gasteiger charge is -2.16. The first-order valence-corrected chi connectivity index (χ1v) is 11.3. The van der Waals surface area contributed by atoms with Crippen LogP contribution in [0.25, 0.3) is 0 Å². The van der Waals surface area contributed by atoms with E-state index in [2.05, 4.69) is 36.9 Å². The van der Waals surface area contributed by atoms with E-state index in [1.165, 1.54) is 19.4 Å². The molecule has 36 heavy (non-hydrogen) atoms. The number of halogens is 1. The number of rotatable bonds is 9. The zero-order valence-electron chi connectivity index (χ0n) is 18.8. The van der Waals surface area contributed by atoms with Gasteiger partial charge in [-0.1, -0.05) is 28.1 Å². The number of methoxy groups -OCH3 is 1. The molecular formula is C24H19BrN6O5. The molecule has 1 aromatic heterocycles. The Balaban J connectivity index is 1.76. The van der Waals surface area contributed by atoms with Gasteiger partial charge in [0.2, 0.25) is 5.88 Å². The van der Waals surface area contributed by atoms with Gasteiger partial charge >= 0.3 is 0 Å². The molecule has 182 valence electrons. The molecule has 12 heteroatoms. The summed E-state index contributed by atoms with van der Waals surface area (Å²) >= 11 is 3.40. The highest BCUT2D eigenvalue weighted by molar-refractivity contribution is 9.10. The van der Waals surface area contributed by atoms with Crippen molar-refractivity contribution in [3.8, 4) is 5.88 Å². The number of hydrogen-bond donors (Lipinski definition) is 3. The van der Waals surface area contributed by atoms with Crippen LogP contribution in [0.3, 0.4) is 0 Å². The van der Waals surface area contributed by atoms with E-state index in [9.17, 15) is 20.2 Å². The molecule has 11 nitrogen and oxygen atoms in total. The molecule has 0 aliphatic heterocycles. The van der Waals surface area contributed by atoms with Gasteiger partial charge in [0, 0.05) is 16.4 Å². The highest BCUT2D eigenvalue weighted by atomic mass is 79.9. The lowest BCUT2D eigenvalue weighted by Crippen LogP contribution is -2.04. The fourth-order valence-corrected chi connectivity index (χ4v) is 3.67. The first-order chi connectivity index (χ1) is 17.4. The molecule has 0 radical (unpaired) electrons. The van der Waals surface area contributed by atoms with E-state index in [-0.39, 0.29) is 17.3 Å². The van der Waals surface area contributed by atoms with E-state index >= 15 is 0 Å². The van der Waals surface area contributed by atoms with Gasteiger partial charge in [-0.2, -0.15) is 0 Å². The maximum absolute atomic E-state index is 11.8. The lowest BCUT2D eigenvalue weighted by molar-refractivity contribution is -0.393. The van der Waals surface area contributed by atoms with E-state index in [4.69, 9.17) is 4.74 Å². The molecule has 4 rings (SSSR count). The number of anilines is 6. The Labute approximate surface area is 213 Å². The van der Waals surface area contributed by atoms with Crippen molar-refractivity contribution in [1.29, 1.82) is 0 Å². The van der Waals surface area contributed by atoms with Gasteiger partial charge < -0.3 is 20.7 Å². The summed E-state index contributed by atoms with van der Waals surface area (Å²) in [7, 11) is 1.42. The number of ether oxygens (including phenoxy) is 1. The largest absolute Gasteiger partial charge is 0.480 e. The number of para-hydroxylation sites is 2. The van der Waals surface area contributed by atoms with E-state index in [0.717, 1.165) is 16.2 Å². The normalized spacial score (nSPS) is 10.4. The molecule has 0 saturated carbocycles. The SMILES string of the molecule is COc1ncccc1Nc1cc(Nc2ccccc2Nc2ccc(Br)cc2)c([N+](=O)[O-])cc1[N+](=O)[O-]. The molecule has 1 heterocycles. The molecule has 0 fully saturated rings. The van der Waals surface area contributed by atoms with Crippen molar-refractivity contribution in [2.75, 3.05) is 23.1 Å². The summed E-state index contributed by atoms with van der Waals surface area (Å²) < 4.78 is 6.13. The number of nitro groups is 2. The van der Waals surface area contributed by atoms with Crippen LogP contribution < -0.4 is 20.7 Å². The highest BCUT2D eigenvalue weighted by Gasteiger charge is 2.26. The molecule has 4 aromatic rings. The van der Waals surface area contributed by atoms with E-state index in [1.807, 2.05) is 30.3 Å². The van der Waals surface area contributed by atoms with E-state index in [0.29, 0.717) is 17.1 Å². The molecule has 0 aliphatic rings. The molecule has 0 bridgehead atoms. The Bertz CT molecular complexity index is 1430. The van der Waals surface area contributed by atoms with Crippen LogP contribution in [0.4, 0.5) is 45.5 Å². The van der Waals surface area contributed by atoms with Crippen LogP contribution in [-0.4, -0.2) is 21.9 Å². The molecule has 0 saturated heterocycles. The maximum atomic E-state index is 11.8. The molecule has 0 unspecified atom stereocenters. The molecule has 3 aromatic carbocycles. The van der Waals surface area contributed by atoms with Crippen LogP contribution in [-0.2, 0) is 0 Å². The number of benzene rings is 3. The number of pyridine rings is 1. The Morgan fingerprint density at radius 2 is 1.31 bits per heavy atom. The van der Waals surface area contributed by atoms with E-state index in [1.54, 1.807) is 30.3 Å². The summed E-state index contributed by atoms with van der Waals surface area (Å²) in [6.07, 6.45) is 1.51. The van der Waals surface area contributed by atoms with Crippen molar-refractivity contribution in [3.63, 3.8) is 0 Å². The third kappa shape index (κ3) is 5.50. The molecule has 0 atom stereocenters. The predicted molar refractivity (Wildman–Crippen MR) is 141 cm³/mol. The number of nitrogens with one attached hydrogen (secondary N) is 3. The van der Waals surface area contributed by atoms with Crippen LogP contribution in [0, 0.1) is 20.2 Å². The summed E-state index contributed by atoms with van der Waals surface area (Å²) in [4.78, 5) is 26.3. The van der Waals surface area contributed by atoms with Gasteiger partial charge in [-0.25, -0.2) is 4.98 Å². The van der Waals surface area contributed by atoms with Crippen LogP contribution >= 0.6 is 15.9 Å².